The van der Waals surface area contributed by atoms with E-state index in [-0.39, 0.29) is 5.91 Å². The van der Waals surface area contributed by atoms with Crippen LogP contribution in [-0.4, -0.2) is 68.3 Å². The molecule has 1 aromatic heterocycles. The van der Waals surface area contributed by atoms with E-state index in [1.54, 1.807) is 12.3 Å². The van der Waals surface area contributed by atoms with Crippen LogP contribution in [0.1, 0.15) is 23.3 Å². The molecule has 154 valence electrons. The van der Waals surface area contributed by atoms with Crippen molar-refractivity contribution in [2.24, 2.45) is 0 Å². The van der Waals surface area contributed by atoms with Crippen LogP contribution in [-0.2, 0) is 4.74 Å². The summed E-state index contributed by atoms with van der Waals surface area (Å²) in [6.07, 6.45) is 4.21. The van der Waals surface area contributed by atoms with Gasteiger partial charge in [0.05, 0.1) is 13.2 Å². The molecule has 2 N–H and O–H groups in total. The summed E-state index contributed by atoms with van der Waals surface area (Å²) in [4.78, 5) is 21.4. The minimum absolute atomic E-state index is 0.147. The highest BCUT2D eigenvalue weighted by atomic mass is 16.5. The number of morpholine rings is 1. The van der Waals surface area contributed by atoms with E-state index in [1.807, 2.05) is 6.07 Å². The highest BCUT2D eigenvalue weighted by Gasteiger charge is 2.13. The highest BCUT2D eigenvalue weighted by molar-refractivity contribution is 5.93. The second-order valence-corrected chi connectivity index (χ2v) is 7.51. The Bertz CT molecular complexity index is 799. The molecule has 0 saturated carbocycles. The van der Waals surface area contributed by atoms with Crippen molar-refractivity contribution in [3.63, 3.8) is 0 Å². The van der Waals surface area contributed by atoms with Crippen molar-refractivity contribution in [3.8, 4) is 0 Å². The second kappa shape index (κ2) is 9.71. The molecule has 2 aromatic rings. The SMILES string of the molecule is O=C(NCCN1CCOCC1)c1cc(Nc2ccc(N3CCCC3)cc2)ccn1. The van der Waals surface area contributed by atoms with E-state index in [2.05, 4.69) is 49.7 Å². The van der Waals surface area contributed by atoms with E-state index in [0.717, 1.165) is 57.3 Å². The third kappa shape index (κ3) is 5.46. The number of nitrogens with zero attached hydrogens (tertiary/aromatic N) is 3. The standard InChI is InChI=1S/C22H29N5O2/c28-22(24-9-12-26-13-15-29-16-14-26)21-17-19(7-8-23-21)25-18-3-5-20(6-4-18)27-10-1-2-11-27/h3-8,17H,1-2,9-16H2,(H,23,25)(H,24,28). The molecule has 0 radical (unpaired) electrons. The maximum absolute atomic E-state index is 12.4. The molecule has 29 heavy (non-hydrogen) atoms. The van der Waals surface area contributed by atoms with Crippen LogP contribution < -0.4 is 15.5 Å². The first-order valence-corrected chi connectivity index (χ1v) is 10.4. The molecule has 0 spiro atoms. The van der Waals surface area contributed by atoms with Gasteiger partial charge in [-0.05, 0) is 49.2 Å². The quantitative estimate of drug-likeness (QED) is 0.751. The Hall–Kier alpha value is -2.64. The lowest BCUT2D eigenvalue weighted by Gasteiger charge is -2.26. The van der Waals surface area contributed by atoms with Gasteiger partial charge in [0, 0.05) is 62.5 Å². The average Bonchev–Trinajstić information content (AvgIpc) is 3.30. The predicted octanol–water partition coefficient (Wildman–Crippen LogP) is 2.49. The van der Waals surface area contributed by atoms with Crippen molar-refractivity contribution in [1.82, 2.24) is 15.2 Å². The summed E-state index contributed by atoms with van der Waals surface area (Å²) in [6, 6.07) is 12.1. The molecule has 0 unspecified atom stereocenters. The van der Waals surface area contributed by atoms with E-state index in [9.17, 15) is 4.79 Å². The molecule has 0 aliphatic carbocycles. The average molecular weight is 396 g/mol. The zero-order valence-electron chi connectivity index (χ0n) is 16.8. The fourth-order valence-corrected chi connectivity index (χ4v) is 3.77. The van der Waals surface area contributed by atoms with Gasteiger partial charge in [0.25, 0.3) is 5.91 Å². The molecular formula is C22H29N5O2. The summed E-state index contributed by atoms with van der Waals surface area (Å²) >= 11 is 0. The summed E-state index contributed by atoms with van der Waals surface area (Å²) in [5.74, 6) is -0.147. The van der Waals surface area contributed by atoms with Gasteiger partial charge < -0.3 is 20.3 Å². The number of hydrogen-bond acceptors (Lipinski definition) is 6. The Morgan fingerprint density at radius 3 is 2.52 bits per heavy atom. The lowest BCUT2D eigenvalue weighted by atomic mass is 10.2. The largest absolute Gasteiger partial charge is 0.379 e. The van der Waals surface area contributed by atoms with Gasteiger partial charge in [0.2, 0.25) is 0 Å². The molecule has 0 atom stereocenters. The highest BCUT2D eigenvalue weighted by Crippen LogP contribution is 2.24. The van der Waals surface area contributed by atoms with Gasteiger partial charge in [-0.25, -0.2) is 0 Å². The van der Waals surface area contributed by atoms with Crippen LogP contribution in [0.15, 0.2) is 42.6 Å². The van der Waals surface area contributed by atoms with Gasteiger partial charge in [-0.2, -0.15) is 0 Å². The van der Waals surface area contributed by atoms with Gasteiger partial charge in [-0.3, -0.25) is 14.7 Å². The first-order valence-electron chi connectivity index (χ1n) is 10.4. The monoisotopic (exact) mass is 395 g/mol. The Morgan fingerprint density at radius 2 is 1.76 bits per heavy atom. The fourth-order valence-electron chi connectivity index (χ4n) is 3.77. The van der Waals surface area contributed by atoms with Crippen LogP contribution in [0.4, 0.5) is 17.1 Å². The molecule has 2 saturated heterocycles. The number of ether oxygens (including phenoxy) is 1. The van der Waals surface area contributed by atoms with Gasteiger partial charge in [-0.15, -0.1) is 0 Å². The second-order valence-electron chi connectivity index (χ2n) is 7.51. The van der Waals surface area contributed by atoms with Crippen LogP contribution in [0.5, 0.6) is 0 Å². The number of amides is 1. The maximum Gasteiger partial charge on any atom is 0.269 e. The van der Waals surface area contributed by atoms with Crippen LogP contribution in [0.3, 0.4) is 0 Å². The zero-order chi connectivity index (χ0) is 19.9. The molecule has 4 rings (SSSR count). The predicted molar refractivity (Wildman–Crippen MR) is 115 cm³/mol. The number of rotatable bonds is 7. The molecule has 3 heterocycles. The molecule has 0 bridgehead atoms. The molecular weight excluding hydrogens is 366 g/mol. The lowest BCUT2D eigenvalue weighted by molar-refractivity contribution is 0.0383. The number of pyridine rings is 1. The number of benzene rings is 1. The van der Waals surface area contributed by atoms with E-state index in [4.69, 9.17) is 4.74 Å². The minimum Gasteiger partial charge on any atom is -0.379 e. The van der Waals surface area contributed by atoms with E-state index in [0.29, 0.717) is 12.2 Å². The Morgan fingerprint density at radius 1 is 1.00 bits per heavy atom. The molecule has 1 amide bonds. The smallest absolute Gasteiger partial charge is 0.269 e. The maximum atomic E-state index is 12.4. The minimum atomic E-state index is -0.147. The Labute approximate surface area is 172 Å². The third-order valence-electron chi connectivity index (χ3n) is 5.44. The summed E-state index contributed by atoms with van der Waals surface area (Å²) in [7, 11) is 0. The van der Waals surface area contributed by atoms with Crippen LogP contribution >= 0.6 is 0 Å². The first kappa shape index (κ1) is 19.7. The first-order chi connectivity index (χ1) is 14.3. The normalized spacial score (nSPS) is 17.3. The van der Waals surface area contributed by atoms with E-state index >= 15 is 0 Å². The summed E-state index contributed by atoms with van der Waals surface area (Å²) in [5, 5.41) is 6.32. The molecule has 2 aliphatic heterocycles. The number of hydrogen-bond donors (Lipinski definition) is 2. The van der Waals surface area contributed by atoms with Gasteiger partial charge in [-0.1, -0.05) is 0 Å². The van der Waals surface area contributed by atoms with Crippen LogP contribution in [0.25, 0.3) is 0 Å². The molecule has 7 heteroatoms. The van der Waals surface area contributed by atoms with E-state index < -0.39 is 0 Å². The number of carbonyl (C=O) groups is 1. The van der Waals surface area contributed by atoms with Crippen molar-refractivity contribution >= 4 is 23.0 Å². The molecule has 1 aromatic carbocycles. The number of carbonyl (C=O) groups excluding carboxylic acids is 1. The lowest BCUT2D eigenvalue weighted by Crippen LogP contribution is -2.41. The summed E-state index contributed by atoms with van der Waals surface area (Å²) < 4.78 is 5.34. The van der Waals surface area contributed by atoms with Crippen molar-refractivity contribution in [2.75, 3.05) is 62.7 Å². The van der Waals surface area contributed by atoms with Crippen molar-refractivity contribution < 1.29 is 9.53 Å². The molecule has 7 nitrogen and oxygen atoms in total. The third-order valence-corrected chi connectivity index (χ3v) is 5.44. The number of nitrogens with one attached hydrogen (secondary N) is 2. The summed E-state index contributed by atoms with van der Waals surface area (Å²) in [5.41, 5.74) is 3.54. The summed E-state index contributed by atoms with van der Waals surface area (Å²) in [6.45, 7) is 7.09. The van der Waals surface area contributed by atoms with E-state index in [1.165, 1.54) is 18.5 Å². The molecule has 2 fully saturated rings. The van der Waals surface area contributed by atoms with Crippen molar-refractivity contribution in [2.45, 2.75) is 12.8 Å². The van der Waals surface area contributed by atoms with Gasteiger partial charge >= 0.3 is 0 Å². The molecule has 2 aliphatic rings. The number of anilines is 3. The fraction of sp³-hybridized carbons (Fsp3) is 0.455. The van der Waals surface area contributed by atoms with Crippen LogP contribution in [0, 0.1) is 0 Å². The van der Waals surface area contributed by atoms with Gasteiger partial charge in [0.15, 0.2) is 0 Å². The van der Waals surface area contributed by atoms with Crippen molar-refractivity contribution in [1.29, 1.82) is 0 Å². The zero-order valence-corrected chi connectivity index (χ0v) is 16.8. The van der Waals surface area contributed by atoms with Crippen LogP contribution in [0.2, 0.25) is 0 Å². The van der Waals surface area contributed by atoms with Gasteiger partial charge in [0.1, 0.15) is 5.69 Å². The van der Waals surface area contributed by atoms with Crippen molar-refractivity contribution in [3.05, 3.63) is 48.3 Å². The number of aromatic nitrogens is 1. The Balaban J connectivity index is 1.30. The topological polar surface area (TPSA) is 69.7 Å². The Kier molecular flexibility index (Phi) is 6.59.